The maximum Gasteiger partial charge on any atom is 0.305 e. The third-order valence-electron chi connectivity index (χ3n) is 3.91. The van der Waals surface area contributed by atoms with Crippen LogP contribution in [-0.2, 0) is 0 Å². The molecule has 0 saturated heterocycles. The van der Waals surface area contributed by atoms with E-state index >= 15 is 0 Å². The smallest absolute Gasteiger partial charge is 0.305 e. The average Bonchev–Trinajstić information content (AvgIpc) is 3.11. The Morgan fingerprint density at radius 2 is 2.11 bits per heavy atom. The molecule has 0 spiro atoms. The van der Waals surface area contributed by atoms with Gasteiger partial charge in [-0.1, -0.05) is 6.07 Å². The number of nitro groups is 1. The van der Waals surface area contributed by atoms with Crippen molar-refractivity contribution in [2.75, 3.05) is 11.1 Å². The number of carbonyl (C=O) groups is 1. The zero-order chi connectivity index (χ0) is 20.4. The second kappa shape index (κ2) is 7.39. The number of nitrogens with two attached hydrogens (primary N) is 1. The predicted octanol–water partition coefficient (Wildman–Crippen LogP) is 2.80. The molecule has 11 heteroatoms. The number of rotatable bonds is 5. The highest BCUT2D eigenvalue weighted by Gasteiger charge is 2.21. The lowest BCUT2D eigenvalue weighted by atomic mass is 10.1. The highest BCUT2D eigenvalue weighted by atomic mass is 19.1. The number of hydrogen-bond acceptors (Lipinski definition) is 7. The Morgan fingerprint density at radius 1 is 1.36 bits per heavy atom. The largest absolute Gasteiger partial charge is 0.398 e. The van der Waals surface area contributed by atoms with Gasteiger partial charge in [-0.25, -0.2) is 4.98 Å². The lowest BCUT2D eigenvalue weighted by molar-refractivity contribution is -0.387. The van der Waals surface area contributed by atoms with E-state index in [1.165, 1.54) is 6.07 Å². The Balaban J connectivity index is 1.91. The summed E-state index contributed by atoms with van der Waals surface area (Å²) < 4.78 is 15.4. The van der Waals surface area contributed by atoms with Crippen LogP contribution in [0.1, 0.15) is 30.2 Å². The molecule has 3 rings (SSSR count). The molecule has 0 fully saturated rings. The number of hydrogen-bond donors (Lipinski definition) is 2. The first kappa shape index (κ1) is 18.9. The molecule has 144 valence electrons. The quantitative estimate of drug-likeness (QED) is 0.390. The van der Waals surface area contributed by atoms with Crippen LogP contribution < -0.4 is 11.1 Å². The number of nitrogens with one attached hydrogen (secondary N) is 1. The van der Waals surface area contributed by atoms with E-state index in [2.05, 4.69) is 20.5 Å². The van der Waals surface area contributed by atoms with Gasteiger partial charge in [0.05, 0.1) is 10.5 Å². The average molecular weight is 385 g/mol. The predicted molar refractivity (Wildman–Crippen MR) is 99.1 cm³/mol. The second-order valence-corrected chi connectivity index (χ2v) is 6.17. The summed E-state index contributed by atoms with van der Waals surface area (Å²) in [5.74, 6) is -1.18. The minimum absolute atomic E-state index is 0.101. The monoisotopic (exact) mass is 385 g/mol. The van der Waals surface area contributed by atoms with Crippen LogP contribution in [0.3, 0.4) is 0 Å². The fraction of sp³-hybridized carbons (Fsp3) is 0.176. The Bertz CT molecular complexity index is 1060. The van der Waals surface area contributed by atoms with Gasteiger partial charge in [-0.05, 0) is 26.0 Å². The summed E-state index contributed by atoms with van der Waals surface area (Å²) in [4.78, 5) is 26.8. The number of nitrogens with zero attached hydrogens (tertiary/aromatic N) is 5. The van der Waals surface area contributed by atoms with Crippen molar-refractivity contribution in [3.05, 3.63) is 58.2 Å². The van der Waals surface area contributed by atoms with E-state index < -0.39 is 22.3 Å². The Labute approximate surface area is 158 Å². The highest BCUT2D eigenvalue weighted by molar-refractivity contribution is 6.07. The summed E-state index contributed by atoms with van der Waals surface area (Å²) in [6.07, 6.45) is 1.57. The van der Waals surface area contributed by atoms with E-state index in [0.717, 1.165) is 12.1 Å². The Kier molecular flexibility index (Phi) is 4.98. The van der Waals surface area contributed by atoms with Crippen LogP contribution in [0.15, 0.2) is 36.7 Å². The molecule has 2 aromatic heterocycles. The van der Waals surface area contributed by atoms with Crippen LogP contribution in [0.2, 0.25) is 0 Å². The number of pyridine rings is 1. The molecular formula is C17H16FN7O3. The second-order valence-electron chi connectivity index (χ2n) is 6.17. The van der Waals surface area contributed by atoms with Crippen LogP contribution in [-0.4, -0.2) is 30.6 Å². The molecule has 3 N–H and O–H groups in total. The zero-order valence-corrected chi connectivity index (χ0v) is 15.0. The molecule has 0 saturated carbocycles. The molecule has 10 nitrogen and oxygen atoms in total. The number of aromatic nitrogens is 4. The number of nitro benzene ring substituents is 1. The standard InChI is InChI=1S/C17H16FN7O3/c1-9(2)24-8-20-23-16(24)13-4-3-5-15(21-13)22-17(26)10-6-14(25(27)28)11(18)7-12(10)19/h3-9H,19H2,1-2H3,(H,21,22,26). The molecule has 0 aliphatic carbocycles. The minimum atomic E-state index is -1.12. The molecule has 0 radical (unpaired) electrons. The lowest BCUT2D eigenvalue weighted by Gasteiger charge is -2.11. The SMILES string of the molecule is CC(C)n1cnnc1-c1cccc(NC(=O)c2cc([N+](=O)[O-])c(F)cc2N)n1. The zero-order valence-electron chi connectivity index (χ0n) is 15.0. The normalized spacial score (nSPS) is 10.9. The van der Waals surface area contributed by atoms with Crippen molar-refractivity contribution in [2.24, 2.45) is 0 Å². The van der Waals surface area contributed by atoms with E-state index in [9.17, 15) is 19.3 Å². The maximum absolute atomic E-state index is 13.6. The van der Waals surface area contributed by atoms with Gasteiger partial charge in [-0.2, -0.15) is 4.39 Å². The molecule has 2 heterocycles. The molecular weight excluding hydrogens is 369 g/mol. The summed E-state index contributed by atoms with van der Waals surface area (Å²) in [5, 5.41) is 21.3. The van der Waals surface area contributed by atoms with Gasteiger partial charge in [-0.3, -0.25) is 14.9 Å². The van der Waals surface area contributed by atoms with Crippen molar-refractivity contribution in [3.8, 4) is 11.5 Å². The van der Waals surface area contributed by atoms with E-state index in [-0.39, 0.29) is 23.1 Å². The van der Waals surface area contributed by atoms with Gasteiger partial charge in [0.15, 0.2) is 5.82 Å². The molecule has 28 heavy (non-hydrogen) atoms. The van der Waals surface area contributed by atoms with E-state index in [4.69, 9.17) is 5.73 Å². The summed E-state index contributed by atoms with van der Waals surface area (Å²) in [5.41, 5.74) is 4.82. The summed E-state index contributed by atoms with van der Waals surface area (Å²) >= 11 is 0. The highest BCUT2D eigenvalue weighted by Crippen LogP contribution is 2.25. The van der Waals surface area contributed by atoms with Crippen LogP contribution in [0.25, 0.3) is 11.5 Å². The van der Waals surface area contributed by atoms with Crippen LogP contribution in [0, 0.1) is 15.9 Å². The summed E-state index contributed by atoms with van der Waals surface area (Å²) in [6, 6.07) is 6.53. The van der Waals surface area contributed by atoms with E-state index in [1.807, 2.05) is 18.4 Å². The third kappa shape index (κ3) is 3.63. The van der Waals surface area contributed by atoms with Gasteiger partial charge in [0.2, 0.25) is 5.82 Å². The maximum atomic E-state index is 13.6. The molecule has 0 bridgehead atoms. The Hall–Kier alpha value is -3.89. The van der Waals surface area contributed by atoms with Crippen LogP contribution in [0.5, 0.6) is 0 Å². The van der Waals surface area contributed by atoms with Gasteiger partial charge in [-0.15, -0.1) is 10.2 Å². The van der Waals surface area contributed by atoms with Crippen molar-refractivity contribution in [3.63, 3.8) is 0 Å². The number of anilines is 2. The lowest BCUT2D eigenvalue weighted by Crippen LogP contribution is -2.16. The summed E-state index contributed by atoms with van der Waals surface area (Å²) in [7, 11) is 0. The molecule has 0 unspecified atom stereocenters. The van der Waals surface area contributed by atoms with Gasteiger partial charge in [0.25, 0.3) is 5.91 Å². The number of halogens is 1. The van der Waals surface area contributed by atoms with Crippen molar-refractivity contribution in [1.82, 2.24) is 19.7 Å². The topological polar surface area (TPSA) is 142 Å². The molecule has 1 aromatic carbocycles. The molecule has 0 atom stereocenters. The van der Waals surface area contributed by atoms with Crippen molar-refractivity contribution in [1.29, 1.82) is 0 Å². The molecule has 1 amide bonds. The van der Waals surface area contributed by atoms with Gasteiger partial charge in [0, 0.05) is 23.9 Å². The van der Waals surface area contributed by atoms with E-state index in [0.29, 0.717) is 11.5 Å². The number of nitrogen functional groups attached to an aromatic ring is 1. The van der Waals surface area contributed by atoms with Gasteiger partial charge >= 0.3 is 5.69 Å². The van der Waals surface area contributed by atoms with Gasteiger partial charge in [0.1, 0.15) is 17.8 Å². The van der Waals surface area contributed by atoms with Crippen LogP contribution >= 0.6 is 0 Å². The van der Waals surface area contributed by atoms with Crippen molar-refractivity contribution < 1.29 is 14.1 Å². The van der Waals surface area contributed by atoms with Crippen molar-refractivity contribution >= 4 is 23.1 Å². The number of benzene rings is 1. The van der Waals surface area contributed by atoms with E-state index in [1.54, 1.807) is 18.5 Å². The molecule has 3 aromatic rings. The fourth-order valence-electron chi connectivity index (χ4n) is 2.53. The number of carbonyl (C=O) groups excluding carboxylic acids is 1. The third-order valence-corrected chi connectivity index (χ3v) is 3.91. The first-order valence-electron chi connectivity index (χ1n) is 8.19. The number of amides is 1. The first-order chi connectivity index (χ1) is 13.3. The van der Waals surface area contributed by atoms with Gasteiger partial charge < -0.3 is 15.6 Å². The van der Waals surface area contributed by atoms with Crippen LogP contribution in [0.4, 0.5) is 21.6 Å². The summed E-state index contributed by atoms with van der Waals surface area (Å²) in [6.45, 7) is 3.92. The fourth-order valence-corrected chi connectivity index (χ4v) is 2.53. The Morgan fingerprint density at radius 3 is 2.79 bits per heavy atom. The molecule has 0 aliphatic heterocycles. The first-order valence-corrected chi connectivity index (χ1v) is 8.19. The molecule has 0 aliphatic rings. The van der Waals surface area contributed by atoms with Crippen molar-refractivity contribution in [2.45, 2.75) is 19.9 Å². The minimum Gasteiger partial charge on any atom is -0.398 e.